The Labute approximate surface area is 110 Å². The van der Waals surface area contributed by atoms with Crippen molar-refractivity contribution >= 4 is 22.5 Å². The molecule has 0 fully saturated rings. The van der Waals surface area contributed by atoms with Gasteiger partial charge in [-0.05, 0) is 18.2 Å². The molecule has 100 valence electrons. The molecule has 0 atom stereocenters. The highest BCUT2D eigenvalue weighted by molar-refractivity contribution is 5.80. The minimum atomic E-state index is -0.177. The minimum Gasteiger partial charge on any atom is -0.399 e. The van der Waals surface area contributed by atoms with Gasteiger partial charge in [-0.3, -0.25) is 14.2 Å². The first-order chi connectivity index (χ1) is 8.99. The maximum Gasteiger partial charge on any atom is 0.261 e. The summed E-state index contributed by atoms with van der Waals surface area (Å²) in [7, 11) is 3.37. The van der Waals surface area contributed by atoms with Crippen LogP contribution in [0.2, 0.25) is 0 Å². The van der Waals surface area contributed by atoms with Crippen LogP contribution in [0, 0.1) is 0 Å². The second-order valence-electron chi connectivity index (χ2n) is 4.56. The van der Waals surface area contributed by atoms with Crippen LogP contribution < -0.4 is 11.3 Å². The van der Waals surface area contributed by atoms with Crippen LogP contribution in [0.3, 0.4) is 0 Å². The zero-order chi connectivity index (χ0) is 14.0. The Morgan fingerprint density at radius 3 is 2.84 bits per heavy atom. The van der Waals surface area contributed by atoms with E-state index in [0.29, 0.717) is 23.1 Å². The van der Waals surface area contributed by atoms with Crippen LogP contribution in [0.4, 0.5) is 5.69 Å². The Hall–Kier alpha value is -2.37. The number of anilines is 1. The molecule has 6 nitrogen and oxygen atoms in total. The van der Waals surface area contributed by atoms with Gasteiger partial charge in [-0.2, -0.15) is 0 Å². The molecule has 0 saturated heterocycles. The molecule has 2 aromatic rings. The van der Waals surface area contributed by atoms with Crippen LogP contribution in [0.25, 0.3) is 10.9 Å². The third-order valence-electron chi connectivity index (χ3n) is 2.91. The van der Waals surface area contributed by atoms with Crippen molar-refractivity contribution in [3.05, 3.63) is 34.9 Å². The monoisotopic (exact) mass is 260 g/mol. The first-order valence-corrected chi connectivity index (χ1v) is 5.94. The van der Waals surface area contributed by atoms with Crippen molar-refractivity contribution in [2.45, 2.75) is 13.0 Å². The maximum absolute atomic E-state index is 12.2. The Morgan fingerprint density at radius 2 is 2.16 bits per heavy atom. The Balaban J connectivity index is 2.32. The zero-order valence-electron chi connectivity index (χ0n) is 11.0. The lowest BCUT2D eigenvalue weighted by molar-refractivity contribution is -0.128. The summed E-state index contributed by atoms with van der Waals surface area (Å²) in [6.45, 7) is 0.313. The van der Waals surface area contributed by atoms with Crippen molar-refractivity contribution in [1.29, 1.82) is 0 Å². The maximum atomic E-state index is 12.2. The van der Waals surface area contributed by atoms with Crippen molar-refractivity contribution in [1.82, 2.24) is 14.5 Å². The molecule has 0 radical (unpaired) electrons. The third kappa shape index (κ3) is 2.73. The van der Waals surface area contributed by atoms with Gasteiger partial charge in [-0.1, -0.05) is 0 Å². The lowest BCUT2D eigenvalue weighted by Gasteiger charge is -2.11. The molecule has 0 unspecified atom stereocenters. The summed E-state index contributed by atoms with van der Waals surface area (Å²) in [5, 5.41) is 0.472. The number of nitrogens with zero attached hydrogens (tertiary/aromatic N) is 3. The fourth-order valence-corrected chi connectivity index (χ4v) is 1.78. The Morgan fingerprint density at radius 1 is 1.42 bits per heavy atom. The van der Waals surface area contributed by atoms with E-state index in [9.17, 15) is 9.59 Å². The van der Waals surface area contributed by atoms with E-state index in [1.807, 2.05) is 0 Å². The fourth-order valence-electron chi connectivity index (χ4n) is 1.78. The number of aromatic nitrogens is 2. The average Bonchev–Trinajstić information content (AvgIpc) is 2.38. The number of carbonyl (C=O) groups excluding carboxylic acids is 1. The zero-order valence-corrected chi connectivity index (χ0v) is 11.0. The average molecular weight is 260 g/mol. The smallest absolute Gasteiger partial charge is 0.261 e. The number of nitrogen functional groups attached to an aromatic ring is 1. The lowest BCUT2D eigenvalue weighted by Crippen LogP contribution is -2.26. The van der Waals surface area contributed by atoms with Crippen molar-refractivity contribution < 1.29 is 4.79 Å². The van der Waals surface area contributed by atoms with Crippen LogP contribution in [0.1, 0.15) is 6.42 Å². The van der Waals surface area contributed by atoms with Gasteiger partial charge < -0.3 is 10.6 Å². The highest BCUT2D eigenvalue weighted by Gasteiger charge is 2.08. The van der Waals surface area contributed by atoms with E-state index in [-0.39, 0.29) is 17.9 Å². The number of carbonyl (C=O) groups is 1. The molecule has 1 heterocycles. The van der Waals surface area contributed by atoms with Crippen molar-refractivity contribution in [2.24, 2.45) is 0 Å². The number of aryl methyl sites for hydroxylation is 1. The SMILES string of the molecule is CN(C)C(=O)CCn1cnc2ccc(N)cc2c1=O. The number of hydrogen-bond acceptors (Lipinski definition) is 4. The lowest BCUT2D eigenvalue weighted by atomic mass is 10.2. The number of rotatable bonds is 3. The van der Waals surface area contributed by atoms with Gasteiger partial charge in [-0.25, -0.2) is 4.98 Å². The van der Waals surface area contributed by atoms with Crippen LogP contribution >= 0.6 is 0 Å². The van der Waals surface area contributed by atoms with E-state index in [4.69, 9.17) is 5.73 Å². The molecule has 2 rings (SSSR count). The molecular weight excluding hydrogens is 244 g/mol. The number of benzene rings is 1. The topological polar surface area (TPSA) is 81.2 Å². The second-order valence-corrected chi connectivity index (χ2v) is 4.56. The molecule has 1 aromatic heterocycles. The first-order valence-electron chi connectivity index (χ1n) is 5.94. The summed E-state index contributed by atoms with van der Waals surface area (Å²) in [5.41, 5.74) is 6.62. The number of hydrogen-bond donors (Lipinski definition) is 1. The molecule has 1 amide bonds. The molecule has 0 aliphatic rings. The highest BCUT2D eigenvalue weighted by atomic mass is 16.2. The van der Waals surface area contributed by atoms with E-state index in [0.717, 1.165) is 0 Å². The third-order valence-corrected chi connectivity index (χ3v) is 2.91. The number of fused-ring (bicyclic) bond motifs is 1. The molecule has 0 aliphatic carbocycles. The van der Waals surface area contributed by atoms with Crippen molar-refractivity contribution in [3.8, 4) is 0 Å². The molecule has 0 aliphatic heterocycles. The summed E-state index contributed by atoms with van der Waals surface area (Å²) in [6, 6.07) is 5.02. The number of nitrogens with two attached hydrogens (primary N) is 1. The van der Waals surface area contributed by atoms with Gasteiger partial charge in [-0.15, -0.1) is 0 Å². The van der Waals surface area contributed by atoms with Crippen LogP contribution in [-0.2, 0) is 11.3 Å². The van der Waals surface area contributed by atoms with Crippen molar-refractivity contribution in [3.63, 3.8) is 0 Å². The van der Waals surface area contributed by atoms with Gasteiger partial charge >= 0.3 is 0 Å². The van der Waals surface area contributed by atoms with E-state index in [2.05, 4.69) is 4.98 Å². The molecule has 19 heavy (non-hydrogen) atoms. The molecule has 0 saturated carbocycles. The van der Waals surface area contributed by atoms with Crippen LogP contribution in [-0.4, -0.2) is 34.5 Å². The second kappa shape index (κ2) is 5.09. The summed E-state index contributed by atoms with van der Waals surface area (Å²) in [4.78, 5) is 29.4. The van der Waals surface area contributed by atoms with Crippen LogP contribution in [0.15, 0.2) is 29.3 Å². The highest BCUT2D eigenvalue weighted by Crippen LogP contribution is 2.11. The molecule has 0 bridgehead atoms. The predicted molar refractivity (Wildman–Crippen MR) is 73.7 cm³/mol. The van der Waals surface area contributed by atoms with Gasteiger partial charge in [0.2, 0.25) is 5.91 Å². The predicted octanol–water partition coefficient (Wildman–Crippen LogP) is 0.457. The number of amides is 1. The van der Waals surface area contributed by atoms with Gasteiger partial charge in [0, 0.05) is 32.7 Å². The van der Waals surface area contributed by atoms with Crippen molar-refractivity contribution in [2.75, 3.05) is 19.8 Å². The van der Waals surface area contributed by atoms with Gasteiger partial charge in [0.1, 0.15) is 0 Å². The van der Waals surface area contributed by atoms with E-state index in [1.54, 1.807) is 32.3 Å². The summed E-state index contributed by atoms with van der Waals surface area (Å²) >= 11 is 0. The van der Waals surface area contributed by atoms with E-state index < -0.39 is 0 Å². The van der Waals surface area contributed by atoms with Gasteiger partial charge in [0.05, 0.1) is 17.2 Å². The molecule has 6 heteroatoms. The molecule has 1 aromatic carbocycles. The van der Waals surface area contributed by atoms with Gasteiger partial charge in [0.25, 0.3) is 5.56 Å². The summed E-state index contributed by atoms with van der Waals surface area (Å²) < 4.78 is 1.43. The largest absolute Gasteiger partial charge is 0.399 e. The Bertz CT molecular complexity index is 676. The fraction of sp³-hybridized carbons (Fsp3) is 0.308. The normalized spacial score (nSPS) is 10.6. The molecule has 2 N–H and O–H groups in total. The molecule has 0 spiro atoms. The quantitative estimate of drug-likeness (QED) is 0.813. The Kier molecular flexibility index (Phi) is 3.50. The van der Waals surface area contributed by atoms with Crippen LogP contribution in [0.5, 0.6) is 0 Å². The van der Waals surface area contributed by atoms with E-state index >= 15 is 0 Å². The van der Waals surface area contributed by atoms with Gasteiger partial charge in [0.15, 0.2) is 0 Å². The first kappa shape index (κ1) is 13.1. The standard InChI is InChI=1S/C13H16N4O2/c1-16(2)12(18)5-6-17-8-15-11-4-3-9(14)7-10(11)13(17)19/h3-4,7-8H,5-6,14H2,1-2H3. The minimum absolute atomic E-state index is 0.0282. The summed E-state index contributed by atoms with van der Waals surface area (Å²) in [5.74, 6) is -0.0282. The molecular formula is C13H16N4O2. The van der Waals surface area contributed by atoms with E-state index in [1.165, 1.54) is 15.8 Å². The summed E-state index contributed by atoms with van der Waals surface area (Å²) in [6.07, 6.45) is 1.73.